The Hall–Kier alpha value is -3.38. The minimum Gasteiger partial charge on any atom is -0.508 e. The van der Waals surface area contributed by atoms with Gasteiger partial charge in [-0.3, -0.25) is 4.90 Å². The number of hydrogen-bond donors (Lipinski definition) is 1. The quantitative estimate of drug-likeness (QED) is 0.279. The Morgan fingerprint density at radius 2 is 1.63 bits per heavy atom. The van der Waals surface area contributed by atoms with Gasteiger partial charge in [0.15, 0.2) is 11.5 Å². The van der Waals surface area contributed by atoms with Gasteiger partial charge in [-0.1, -0.05) is 25.1 Å². The summed E-state index contributed by atoms with van der Waals surface area (Å²) in [6.07, 6.45) is 5.51. The molecule has 0 spiro atoms. The van der Waals surface area contributed by atoms with Crippen LogP contribution in [0.3, 0.4) is 0 Å². The molecule has 0 saturated carbocycles. The van der Waals surface area contributed by atoms with Crippen LogP contribution in [0.25, 0.3) is 0 Å². The standard InChI is InChI=1S/C35H46N2O4/c1-5-37(24-26-6-12-31(13-7-26)41-19-18-36-16-14-25(2)15-17-36)33-23-35(40-4)34(39-3)22-32(33)29-9-8-28-21-30(38)11-10-27(28)20-29/h6-7,10-13,21-23,25,29,38H,5,8-9,14-20,24H2,1-4H3/t29-/m1/s1. The van der Waals surface area contributed by atoms with Crippen LogP contribution >= 0.6 is 0 Å². The third-order valence-electron chi connectivity index (χ3n) is 8.96. The van der Waals surface area contributed by atoms with Crippen molar-refractivity contribution in [2.75, 3.05) is 51.9 Å². The van der Waals surface area contributed by atoms with Crippen molar-refractivity contribution >= 4 is 5.69 Å². The Morgan fingerprint density at radius 3 is 2.34 bits per heavy atom. The first-order valence-corrected chi connectivity index (χ1v) is 15.2. The van der Waals surface area contributed by atoms with Crippen LogP contribution in [0.15, 0.2) is 54.6 Å². The van der Waals surface area contributed by atoms with Gasteiger partial charge in [-0.05, 0) is 117 Å². The van der Waals surface area contributed by atoms with Gasteiger partial charge in [0.2, 0.25) is 0 Å². The van der Waals surface area contributed by atoms with Crippen molar-refractivity contribution < 1.29 is 19.3 Å². The number of methoxy groups -OCH3 is 2. The number of likely N-dealkylation sites (tertiary alicyclic amines) is 1. The van der Waals surface area contributed by atoms with Gasteiger partial charge in [-0.25, -0.2) is 0 Å². The predicted molar refractivity (Wildman–Crippen MR) is 166 cm³/mol. The number of ether oxygens (including phenoxy) is 3. The van der Waals surface area contributed by atoms with E-state index in [2.05, 4.69) is 66.1 Å². The number of aryl methyl sites for hydroxylation is 1. The van der Waals surface area contributed by atoms with Crippen molar-refractivity contribution in [1.82, 2.24) is 4.90 Å². The summed E-state index contributed by atoms with van der Waals surface area (Å²) in [5.41, 5.74) is 6.29. The molecule has 0 amide bonds. The Morgan fingerprint density at radius 1 is 0.902 bits per heavy atom. The summed E-state index contributed by atoms with van der Waals surface area (Å²) in [6, 6.07) is 18.7. The Bertz CT molecular complexity index is 1280. The van der Waals surface area contributed by atoms with Crippen molar-refractivity contribution in [2.45, 2.75) is 58.4 Å². The number of aromatic hydroxyl groups is 1. The normalized spacial score (nSPS) is 17.6. The van der Waals surface area contributed by atoms with Gasteiger partial charge in [0.25, 0.3) is 0 Å². The molecule has 6 nitrogen and oxygen atoms in total. The van der Waals surface area contributed by atoms with E-state index >= 15 is 0 Å². The van der Waals surface area contributed by atoms with Crippen LogP contribution in [0.5, 0.6) is 23.0 Å². The molecule has 1 heterocycles. The molecule has 1 saturated heterocycles. The van der Waals surface area contributed by atoms with E-state index in [1.807, 2.05) is 6.07 Å². The van der Waals surface area contributed by atoms with Gasteiger partial charge in [-0.15, -0.1) is 0 Å². The topological polar surface area (TPSA) is 54.4 Å². The van der Waals surface area contributed by atoms with E-state index < -0.39 is 0 Å². The summed E-state index contributed by atoms with van der Waals surface area (Å²) >= 11 is 0. The fourth-order valence-corrected chi connectivity index (χ4v) is 6.35. The number of rotatable bonds is 11. The second-order valence-corrected chi connectivity index (χ2v) is 11.7. The number of phenols is 1. The minimum atomic E-state index is 0.347. The van der Waals surface area contributed by atoms with Crippen LogP contribution in [0.4, 0.5) is 5.69 Å². The van der Waals surface area contributed by atoms with E-state index in [1.165, 1.54) is 53.9 Å². The molecule has 0 bridgehead atoms. The molecule has 41 heavy (non-hydrogen) atoms. The molecule has 2 aliphatic rings. The monoisotopic (exact) mass is 558 g/mol. The summed E-state index contributed by atoms with van der Waals surface area (Å²) in [5, 5.41) is 9.96. The molecule has 5 rings (SSSR count). The predicted octanol–water partition coefficient (Wildman–Crippen LogP) is 6.82. The van der Waals surface area contributed by atoms with Gasteiger partial charge >= 0.3 is 0 Å². The van der Waals surface area contributed by atoms with Crippen molar-refractivity contribution in [3.8, 4) is 23.0 Å². The van der Waals surface area contributed by atoms with Gasteiger partial charge in [-0.2, -0.15) is 0 Å². The van der Waals surface area contributed by atoms with Gasteiger partial charge in [0.05, 0.1) is 14.2 Å². The zero-order valence-electron chi connectivity index (χ0n) is 25.2. The number of nitrogens with zero attached hydrogens (tertiary/aromatic N) is 2. The van der Waals surface area contributed by atoms with E-state index in [4.69, 9.17) is 14.2 Å². The van der Waals surface area contributed by atoms with Crippen LogP contribution in [-0.4, -0.2) is 57.0 Å². The summed E-state index contributed by atoms with van der Waals surface area (Å²) in [5.74, 6) is 4.00. The fraction of sp³-hybridized carbons (Fsp3) is 0.486. The van der Waals surface area contributed by atoms with Crippen molar-refractivity contribution in [1.29, 1.82) is 0 Å². The van der Waals surface area contributed by atoms with E-state index in [1.54, 1.807) is 20.3 Å². The molecule has 0 radical (unpaired) electrons. The molecular weight excluding hydrogens is 512 g/mol. The maximum absolute atomic E-state index is 9.96. The molecule has 1 aliphatic heterocycles. The van der Waals surface area contributed by atoms with Crippen molar-refractivity contribution in [2.24, 2.45) is 5.92 Å². The Balaban J connectivity index is 1.30. The molecule has 6 heteroatoms. The fourth-order valence-electron chi connectivity index (χ4n) is 6.35. The summed E-state index contributed by atoms with van der Waals surface area (Å²) in [7, 11) is 3.40. The lowest BCUT2D eigenvalue weighted by Gasteiger charge is -2.32. The lowest BCUT2D eigenvalue weighted by Crippen LogP contribution is -2.35. The van der Waals surface area contributed by atoms with Crippen LogP contribution < -0.4 is 19.1 Å². The first kappa shape index (κ1) is 29.1. The lowest BCUT2D eigenvalue weighted by atomic mass is 9.79. The highest BCUT2D eigenvalue weighted by molar-refractivity contribution is 5.64. The van der Waals surface area contributed by atoms with Gasteiger partial charge in [0, 0.05) is 31.4 Å². The summed E-state index contributed by atoms with van der Waals surface area (Å²) < 4.78 is 17.6. The molecule has 1 fully saturated rings. The smallest absolute Gasteiger partial charge is 0.162 e. The SMILES string of the molecule is CCN(Cc1ccc(OCCN2CCC(C)CC2)cc1)c1cc(OC)c(OC)cc1[C@@H]1CCc2cc(O)ccc2C1. The van der Waals surface area contributed by atoms with E-state index in [9.17, 15) is 5.11 Å². The minimum absolute atomic E-state index is 0.347. The van der Waals surface area contributed by atoms with E-state index in [0.717, 1.165) is 68.7 Å². The molecule has 0 unspecified atom stereocenters. The molecule has 3 aromatic rings. The van der Waals surface area contributed by atoms with Crippen molar-refractivity contribution in [3.63, 3.8) is 0 Å². The third kappa shape index (κ3) is 7.10. The first-order chi connectivity index (χ1) is 20.0. The maximum atomic E-state index is 9.96. The maximum Gasteiger partial charge on any atom is 0.162 e. The van der Waals surface area contributed by atoms with Crippen LogP contribution in [0.2, 0.25) is 0 Å². The Kier molecular flexibility index (Phi) is 9.60. The molecule has 1 N–H and O–H groups in total. The van der Waals surface area contributed by atoms with E-state index in [0.29, 0.717) is 11.7 Å². The van der Waals surface area contributed by atoms with Crippen LogP contribution in [0.1, 0.15) is 61.3 Å². The highest BCUT2D eigenvalue weighted by atomic mass is 16.5. The molecule has 1 atom stereocenters. The molecule has 220 valence electrons. The molecule has 0 aromatic heterocycles. The highest BCUT2D eigenvalue weighted by Crippen LogP contribution is 2.43. The van der Waals surface area contributed by atoms with Gasteiger partial charge in [0.1, 0.15) is 18.1 Å². The second-order valence-electron chi connectivity index (χ2n) is 11.7. The zero-order chi connectivity index (χ0) is 28.8. The van der Waals surface area contributed by atoms with Crippen LogP contribution in [-0.2, 0) is 19.4 Å². The number of phenolic OH excluding ortho intramolecular Hbond substituents is 1. The summed E-state index contributed by atoms with van der Waals surface area (Å²) in [6.45, 7) is 10.3. The largest absolute Gasteiger partial charge is 0.508 e. The number of anilines is 1. The lowest BCUT2D eigenvalue weighted by molar-refractivity contribution is 0.160. The van der Waals surface area contributed by atoms with Crippen LogP contribution in [0, 0.1) is 5.92 Å². The van der Waals surface area contributed by atoms with Crippen molar-refractivity contribution in [3.05, 3.63) is 76.9 Å². The third-order valence-corrected chi connectivity index (χ3v) is 8.96. The number of benzene rings is 3. The van der Waals surface area contributed by atoms with E-state index in [-0.39, 0.29) is 0 Å². The average Bonchev–Trinajstić information content (AvgIpc) is 3.00. The second kappa shape index (κ2) is 13.5. The number of fused-ring (bicyclic) bond motifs is 1. The van der Waals surface area contributed by atoms with Gasteiger partial charge < -0.3 is 24.2 Å². The summed E-state index contributed by atoms with van der Waals surface area (Å²) in [4.78, 5) is 4.94. The highest BCUT2D eigenvalue weighted by Gasteiger charge is 2.26. The Labute approximate surface area is 245 Å². The number of piperidine rings is 1. The average molecular weight is 559 g/mol. The first-order valence-electron chi connectivity index (χ1n) is 15.2. The zero-order valence-corrected chi connectivity index (χ0v) is 25.2. The molecule has 3 aromatic carbocycles. The number of hydrogen-bond acceptors (Lipinski definition) is 6. The molecular formula is C35H46N2O4. The molecule has 1 aliphatic carbocycles.